The number of aliphatic imine (C=N–C) groups is 1. The van der Waals surface area contributed by atoms with Crippen molar-refractivity contribution in [2.24, 2.45) is 27.9 Å². The van der Waals surface area contributed by atoms with Gasteiger partial charge >= 0.3 is 5.97 Å². The molecule has 14 heteroatoms. The first-order valence-corrected chi connectivity index (χ1v) is 11.4. The standard InChI is InChI=1S/C20H38N8O6/c21-8-2-1-6-13(19(33)34)26-16(30)14(11-29)27-17(31)15-7-4-10-28(15)18(32)12(22)5-3-9-25-20(23)24/h12-15,29H,1-11,21-22H2,(H,26,30)(H,27,31)(H,33,34)(H4,23,24,25). The summed E-state index contributed by atoms with van der Waals surface area (Å²) in [4.78, 5) is 54.7. The molecule has 4 atom stereocenters. The summed E-state index contributed by atoms with van der Waals surface area (Å²) >= 11 is 0. The average Bonchev–Trinajstić information content (AvgIpc) is 3.28. The number of guanidine groups is 1. The van der Waals surface area contributed by atoms with E-state index >= 15 is 0 Å². The minimum absolute atomic E-state index is 0.0520. The molecule has 34 heavy (non-hydrogen) atoms. The van der Waals surface area contributed by atoms with Crippen molar-refractivity contribution in [3.8, 4) is 0 Å². The van der Waals surface area contributed by atoms with E-state index in [1.165, 1.54) is 4.90 Å². The van der Waals surface area contributed by atoms with Gasteiger partial charge in [-0.3, -0.25) is 19.4 Å². The molecular weight excluding hydrogens is 448 g/mol. The lowest BCUT2D eigenvalue weighted by molar-refractivity contribution is -0.143. The molecule has 4 unspecified atom stereocenters. The predicted octanol–water partition coefficient (Wildman–Crippen LogP) is -3.47. The van der Waals surface area contributed by atoms with E-state index in [1.54, 1.807) is 0 Å². The summed E-state index contributed by atoms with van der Waals surface area (Å²) < 4.78 is 0. The van der Waals surface area contributed by atoms with Crippen LogP contribution in [0.2, 0.25) is 0 Å². The van der Waals surface area contributed by atoms with Gasteiger partial charge in [0.2, 0.25) is 17.7 Å². The predicted molar refractivity (Wildman–Crippen MR) is 124 cm³/mol. The molecule has 0 radical (unpaired) electrons. The van der Waals surface area contributed by atoms with Gasteiger partial charge in [0.25, 0.3) is 0 Å². The number of likely N-dealkylation sites (tertiary alicyclic amines) is 1. The number of aliphatic carboxylic acids is 1. The van der Waals surface area contributed by atoms with Gasteiger partial charge in [0.1, 0.15) is 18.1 Å². The molecule has 1 aliphatic rings. The third kappa shape index (κ3) is 9.49. The van der Waals surface area contributed by atoms with Crippen LogP contribution >= 0.6 is 0 Å². The van der Waals surface area contributed by atoms with Gasteiger partial charge < -0.3 is 48.7 Å². The minimum Gasteiger partial charge on any atom is -0.480 e. The highest BCUT2D eigenvalue weighted by molar-refractivity contribution is 5.94. The molecule has 0 saturated carbocycles. The fourth-order valence-corrected chi connectivity index (χ4v) is 3.64. The number of nitrogens with zero attached hydrogens (tertiary/aromatic N) is 2. The van der Waals surface area contributed by atoms with E-state index in [2.05, 4.69) is 15.6 Å². The number of aliphatic hydroxyl groups excluding tert-OH is 1. The van der Waals surface area contributed by atoms with E-state index in [9.17, 15) is 29.4 Å². The molecule has 0 bridgehead atoms. The summed E-state index contributed by atoms with van der Waals surface area (Å²) in [5.74, 6) is -3.14. The van der Waals surface area contributed by atoms with Crippen molar-refractivity contribution in [1.82, 2.24) is 15.5 Å². The first kappa shape index (κ1) is 29.1. The number of carbonyl (C=O) groups is 4. The number of carboxylic acid groups (broad SMARTS) is 1. The number of hydrogen-bond donors (Lipinski definition) is 8. The van der Waals surface area contributed by atoms with Crippen LogP contribution in [0.4, 0.5) is 0 Å². The van der Waals surface area contributed by atoms with Gasteiger partial charge in [0.05, 0.1) is 12.6 Å². The second kappa shape index (κ2) is 15.0. The molecule has 0 spiro atoms. The molecular formula is C20H38N8O6. The first-order valence-electron chi connectivity index (χ1n) is 11.4. The summed E-state index contributed by atoms with van der Waals surface area (Å²) in [5.41, 5.74) is 21.9. The molecule has 1 heterocycles. The van der Waals surface area contributed by atoms with Crippen LogP contribution in [0.1, 0.15) is 44.9 Å². The monoisotopic (exact) mass is 486 g/mol. The summed E-state index contributed by atoms with van der Waals surface area (Å²) in [7, 11) is 0. The molecule has 0 aromatic heterocycles. The van der Waals surface area contributed by atoms with Crippen molar-refractivity contribution in [2.45, 2.75) is 69.1 Å². The molecule has 1 saturated heterocycles. The van der Waals surface area contributed by atoms with E-state index in [0.717, 1.165) is 0 Å². The van der Waals surface area contributed by atoms with Crippen LogP contribution in [-0.4, -0.2) is 95.2 Å². The van der Waals surface area contributed by atoms with E-state index in [0.29, 0.717) is 58.2 Å². The van der Waals surface area contributed by atoms with Gasteiger partial charge in [-0.25, -0.2) is 4.79 Å². The topological polar surface area (TPSA) is 252 Å². The van der Waals surface area contributed by atoms with Crippen LogP contribution in [0.5, 0.6) is 0 Å². The quantitative estimate of drug-likeness (QED) is 0.0644. The Morgan fingerprint density at radius 1 is 1.06 bits per heavy atom. The van der Waals surface area contributed by atoms with E-state index in [1.807, 2.05) is 0 Å². The van der Waals surface area contributed by atoms with Crippen molar-refractivity contribution >= 4 is 29.7 Å². The maximum absolute atomic E-state index is 12.8. The number of aliphatic hydroxyl groups is 1. The van der Waals surface area contributed by atoms with E-state index < -0.39 is 54.5 Å². The number of carbonyl (C=O) groups excluding carboxylic acids is 3. The summed E-state index contributed by atoms with van der Waals surface area (Å²) in [5, 5.41) is 23.7. The third-order valence-corrected chi connectivity index (χ3v) is 5.50. The van der Waals surface area contributed by atoms with Gasteiger partial charge in [-0.05, 0) is 51.5 Å². The van der Waals surface area contributed by atoms with Crippen molar-refractivity contribution < 1.29 is 29.4 Å². The first-order chi connectivity index (χ1) is 16.1. The van der Waals surface area contributed by atoms with Crippen LogP contribution < -0.4 is 33.6 Å². The fourth-order valence-electron chi connectivity index (χ4n) is 3.64. The third-order valence-electron chi connectivity index (χ3n) is 5.50. The van der Waals surface area contributed by atoms with Crippen LogP contribution in [-0.2, 0) is 19.2 Å². The molecule has 194 valence electrons. The van der Waals surface area contributed by atoms with Crippen molar-refractivity contribution in [2.75, 3.05) is 26.2 Å². The fraction of sp³-hybridized carbons (Fsp3) is 0.750. The van der Waals surface area contributed by atoms with Crippen molar-refractivity contribution in [3.05, 3.63) is 0 Å². The number of unbranched alkanes of at least 4 members (excludes halogenated alkanes) is 1. The summed E-state index contributed by atoms with van der Waals surface area (Å²) in [6.07, 6.45) is 3.01. The lowest BCUT2D eigenvalue weighted by atomic mass is 10.1. The molecule has 1 aliphatic heterocycles. The number of hydrogen-bond acceptors (Lipinski definition) is 8. The Hall–Kier alpha value is -2.97. The number of rotatable bonds is 15. The van der Waals surface area contributed by atoms with Gasteiger partial charge in [-0.1, -0.05) is 0 Å². The van der Waals surface area contributed by atoms with Crippen LogP contribution in [0.15, 0.2) is 4.99 Å². The SMILES string of the molecule is NCCCCC(NC(=O)C(CO)NC(=O)C1CCCN1C(=O)C(N)CCCN=C(N)N)C(=O)O. The van der Waals surface area contributed by atoms with Crippen molar-refractivity contribution in [3.63, 3.8) is 0 Å². The molecule has 0 aliphatic carbocycles. The molecule has 1 rings (SSSR count). The Balaban J connectivity index is 2.69. The highest BCUT2D eigenvalue weighted by atomic mass is 16.4. The lowest BCUT2D eigenvalue weighted by Crippen LogP contribution is -2.57. The minimum atomic E-state index is -1.37. The van der Waals surface area contributed by atoms with Gasteiger partial charge in [0.15, 0.2) is 5.96 Å². The van der Waals surface area contributed by atoms with Crippen LogP contribution in [0.3, 0.4) is 0 Å². The molecule has 0 aromatic rings. The highest BCUT2D eigenvalue weighted by Gasteiger charge is 2.37. The average molecular weight is 487 g/mol. The maximum Gasteiger partial charge on any atom is 0.326 e. The second-order valence-electron chi connectivity index (χ2n) is 8.17. The van der Waals surface area contributed by atoms with Crippen LogP contribution in [0, 0.1) is 0 Å². The van der Waals surface area contributed by atoms with Gasteiger partial charge in [0, 0.05) is 13.1 Å². The number of amides is 3. The smallest absolute Gasteiger partial charge is 0.326 e. The highest BCUT2D eigenvalue weighted by Crippen LogP contribution is 2.19. The number of nitrogens with two attached hydrogens (primary N) is 4. The van der Waals surface area contributed by atoms with Gasteiger partial charge in [-0.2, -0.15) is 0 Å². The molecule has 12 N–H and O–H groups in total. The molecule has 3 amide bonds. The van der Waals surface area contributed by atoms with E-state index in [4.69, 9.17) is 22.9 Å². The van der Waals surface area contributed by atoms with E-state index in [-0.39, 0.29) is 12.4 Å². The molecule has 0 aromatic carbocycles. The zero-order valence-electron chi connectivity index (χ0n) is 19.3. The molecule has 1 fully saturated rings. The molecule has 14 nitrogen and oxygen atoms in total. The second-order valence-corrected chi connectivity index (χ2v) is 8.17. The Bertz CT molecular complexity index is 730. The largest absolute Gasteiger partial charge is 0.480 e. The summed E-state index contributed by atoms with van der Waals surface area (Å²) in [6.45, 7) is 0.310. The Labute approximate surface area is 198 Å². The summed E-state index contributed by atoms with van der Waals surface area (Å²) in [6, 6.07) is -4.23. The zero-order chi connectivity index (χ0) is 25.7. The Morgan fingerprint density at radius 2 is 1.76 bits per heavy atom. The maximum atomic E-state index is 12.8. The lowest BCUT2D eigenvalue weighted by Gasteiger charge is -2.28. The van der Waals surface area contributed by atoms with Gasteiger partial charge in [-0.15, -0.1) is 0 Å². The zero-order valence-corrected chi connectivity index (χ0v) is 19.3. The number of nitrogens with one attached hydrogen (secondary N) is 2. The Kier molecular flexibility index (Phi) is 12.8. The normalized spacial score (nSPS) is 18.0. The number of carboxylic acids is 1. The van der Waals surface area contributed by atoms with Crippen molar-refractivity contribution in [1.29, 1.82) is 0 Å². The van der Waals surface area contributed by atoms with Crippen LogP contribution in [0.25, 0.3) is 0 Å². The Morgan fingerprint density at radius 3 is 2.35 bits per heavy atom.